The van der Waals surface area contributed by atoms with Gasteiger partial charge in [0.1, 0.15) is 6.33 Å². The van der Waals surface area contributed by atoms with Crippen molar-refractivity contribution in [1.82, 2.24) is 19.8 Å². The van der Waals surface area contributed by atoms with Crippen molar-refractivity contribution >= 4 is 11.8 Å². The fourth-order valence-corrected chi connectivity index (χ4v) is 4.85. The molecule has 1 saturated heterocycles. The third kappa shape index (κ3) is 3.95. The van der Waals surface area contributed by atoms with Gasteiger partial charge in [-0.15, -0.1) is 0 Å². The predicted molar refractivity (Wildman–Crippen MR) is 115 cm³/mol. The first-order chi connectivity index (χ1) is 14.4. The summed E-state index contributed by atoms with van der Waals surface area (Å²) in [5, 5.41) is 0. The number of hydrogen-bond acceptors (Lipinski definition) is 4. The van der Waals surface area contributed by atoms with E-state index in [2.05, 4.69) is 29.0 Å². The number of aromatic nitrogens is 2. The van der Waals surface area contributed by atoms with E-state index in [4.69, 9.17) is 0 Å². The molecule has 1 aromatic heterocycles. The second-order valence-electron chi connectivity index (χ2n) is 9.12. The van der Waals surface area contributed by atoms with E-state index in [1.165, 1.54) is 6.33 Å². The number of carbonyl (C=O) groups excluding carboxylic acids is 2. The third-order valence-electron chi connectivity index (χ3n) is 6.59. The lowest BCUT2D eigenvalue weighted by Gasteiger charge is -2.43. The standard InChI is InChI=1S/C24H30N4O2/c1-17-11-21(17)22(29)28-10-6-9-24(15-28,23(30)27(2)3)12-18-7-4-5-8-20(18)19-13-25-16-26-14-19/h4-5,7-8,13-14,16-17,21H,6,9-12,15H2,1-3H3/t17-,21+,24+/m1/s1. The van der Waals surface area contributed by atoms with Gasteiger partial charge in [0.2, 0.25) is 11.8 Å². The van der Waals surface area contributed by atoms with E-state index in [1.54, 1.807) is 17.3 Å². The molecule has 1 saturated carbocycles. The van der Waals surface area contributed by atoms with E-state index < -0.39 is 5.41 Å². The zero-order chi connectivity index (χ0) is 21.3. The molecule has 2 aliphatic rings. The van der Waals surface area contributed by atoms with E-state index in [9.17, 15) is 9.59 Å². The number of piperidine rings is 1. The first-order valence-corrected chi connectivity index (χ1v) is 10.7. The van der Waals surface area contributed by atoms with E-state index in [1.807, 2.05) is 31.1 Å². The second kappa shape index (κ2) is 8.17. The van der Waals surface area contributed by atoms with Crippen LogP contribution >= 0.6 is 0 Å². The maximum atomic E-state index is 13.5. The Kier molecular flexibility index (Phi) is 5.58. The Hall–Kier alpha value is -2.76. The fraction of sp³-hybridized carbons (Fsp3) is 0.500. The zero-order valence-electron chi connectivity index (χ0n) is 18.0. The Morgan fingerprint density at radius 3 is 2.57 bits per heavy atom. The number of amides is 2. The summed E-state index contributed by atoms with van der Waals surface area (Å²) in [6, 6.07) is 8.14. The minimum atomic E-state index is -0.610. The highest BCUT2D eigenvalue weighted by atomic mass is 16.2. The van der Waals surface area contributed by atoms with Crippen molar-refractivity contribution < 1.29 is 9.59 Å². The molecule has 0 bridgehead atoms. The highest BCUT2D eigenvalue weighted by molar-refractivity contribution is 5.86. The Bertz CT molecular complexity index is 930. The van der Waals surface area contributed by atoms with Gasteiger partial charge in [-0.25, -0.2) is 9.97 Å². The first kappa shape index (κ1) is 20.5. The van der Waals surface area contributed by atoms with Crippen LogP contribution < -0.4 is 0 Å². The van der Waals surface area contributed by atoms with Crippen molar-refractivity contribution in [3.63, 3.8) is 0 Å². The number of nitrogens with zero attached hydrogens (tertiary/aromatic N) is 4. The van der Waals surface area contributed by atoms with E-state index in [-0.39, 0.29) is 17.7 Å². The van der Waals surface area contributed by atoms with E-state index in [0.29, 0.717) is 18.9 Å². The molecule has 0 radical (unpaired) electrons. The van der Waals surface area contributed by atoms with Crippen LogP contribution in [0.2, 0.25) is 0 Å². The van der Waals surface area contributed by atoms with Gasteiger partial charge < -0.3 is 9.80 Å². The number of likely N-dealkylation sites (tertiary alicyclic amines) is 1. The summed E-state index contributed by atoms with van der Waals surface area (Å²) in [5.41, 5.74) is 2.47. The number of benzene rings is 1. The molecule has 1 aliphatic carbocycles. The van der Waals surface area contributed by atoms with Gasteiger partial charge in [0, 0.05) is 51.1 Å². The molecule has 3 atom stereocenters. The summed E-state index contributed by atoms with van der Waals surface area (Å²) in [5.74, 6) is 0.937. The summed E-state index contributed by atoms with van der Waals surface area (Å²) < 4.78 is 0. The molecule has 6 heteroatoms. The Morgan fingerprint density at radius 2 is 1.90 bits per heavy atom. The van der Waals surface area contributed by atoms with Crippen LogP contribution in [0.5, 0.6) is 0 Å². The summed E-state index contributed by atoms with van der Waals surface area (Å²) in [6.45, 7) is 3.37. The zero-order valence-corrected chi connectivity index (χ0v) is 18.0. The van der Waals surface area contributed by atoms with E-state index in [0.717, 1.165) is 42.5 Å². The molecule has 0 N–H and O–H groups in total. The number of hydrogen-bond donors (Lipinski definition) is 0. The van der Waals surface area contributed by atoms with Crippen molar-refractivity contribution in [1.29, 1.82) is 0 Å². The van der Waals surface area contributed by atoms with Crippen molar-refractivity contribution in [3.8, 4) is 11.1 Å². The Balaban J connectivity index is 1.67. The fourth-order valence-electron chi connectivity index (χ4n) is 4.85. The average molecular weight is 407 g/mol. The van der Waals surface area contributed by atoms with Gasteiger partial charge >= 0.3 is 0 Å². The van der Waals surface area contributed by atoms with Crippen molar-refractivity contribution in [2.45, 2.75) is 32.6 Å². The highest BCUT2D eigenvalue weighted by Gasteiger charge is 2.48. The lowest BCUT2D eigenvalue weighted by atomic mass is 9.73. The smallest absolute Gasteiger partial charge is 0.230 e. The highest BCUT2D eigenvalue weighted by Crippen LogP contribution is 2.43. The van der Waals surface area contributed by atoms with Crippen LogP contribution in [0.1, 0.15) is 31.7 Å². The quantitative estimate of drug-likeness (QED) is 0.766. The second-order valence-corrected chi connectivity index (χ2v) is 9.12. The molecule has 1 aromatic carbocycles. The van der Waals surface area contributed by atoms with Crippen molar-refractivity contribution in [2.24, 2.45) is 17.3 Å². The summed E-state index contributed by atoms with van der Waals surface area (Å²) >= 11 is 0. The molecule has 6 nitrogen and oxygen atoms in total. The minimum Gasteiger partial charge on any atom is -0.348 e. The van der Waals surface area contributed by atoms with Crippen molar-refractivity contribution in [2.75, 3.05) is 27.2 Å². The summed E-state index contributed by atoms with van der Waals surface area (Å²) in [4.78, 5) is 38.4. The van der Waals surface area contributed by atoms with Crippen LogP contribution in [0.25, 0.3) is 11.1 Å². The van der Waals surface area contributed by atoms with Gasteiger partial charge in [-0.1, -0.05) is 31.2 Å². The van der Waals surface area contributed by atoms with Crippen LogP contribution in [0.4, 0.5) is 0 Å². The molecule has 2 aromatic rings. The summed E-state index contributed by atoms with van der Waals surface area (Å²) in [6.07, 6.45) is 8.33. The predicted octanol–water partition coefficient (Wildman–Crippen LogP) is 3.04. The van der Waals surface area contributed by atoms with Crippen LogP contribution in [0.15, 0.2) is 43.0 Å². The maximum absolute atomic E-state index is 13.5. The lowest BCUT2D eigenvalue weighted by molar-refractivity contribution is -0.147. The van der Waals surface area contributed by atoms with Crippen molar-refractivity contribution in [3.05, 3.63) is 48.5 Å². The lowest BCUT2D eigenvalue weighted by Crippen LogP contribution is -2.54. The van der Waals surface area contributed by atoms with Crippen LogP contribution in [0, 0.1) is 17.3 Å². The molecule has 2 fully saturated rings. The molecule has 1 aliphatic heterocycles. The largest absolute Gasteiger partial charge is 0.348 e. The van der Waals surface area contributed by atoms with Gasteiger partial charge in [0.05, 0.1) is 5.41 Å². The molecule has 0 spiro atoms. The van der Waals surface area contributed by atoms with Crippen LogP contribution in [0.3, 0.4) is 0 Å². The number of rotatable bonds is 5. The van der Waals surface area contributed by atoms with Gasteiger partial charge in [-0.3, -0.25) is 9.59 Å². The Morgan fingerprint density at radius 1 is 1.20 bits per heavy atom. The number of carbonyl (C=O) groups is 2. The SMILES string of the molecule is C[C@@H]1C[C@@H]1C(=O)N1CCC[C@@](Cc2ccccc2-c2cncnc2)(C(=O)N(C)C)C1. The summed E-state index contributed by atoms with van der Waals surface area (Å²) in [7, 11) is 3.62. The van der Waals surface area contributed by atoms with Gasteiger partial charge in [0.25, 0.3) is 0 Å². The van der Waals surface area contributed by atoms with Crippen LogP contribution in [-0.2, 0) is 16.0 Å². The van der Waals surface area contributed by atoms with Crippen LogP contribution in [-0.4, -0.2) is 58.8 Å². The van der Waals surface area contributed by atoms with Gasteiger partial charge in [0.15, 0.2) is 0 Å². The molecule has 2 heterocycles. The molecule has 158 valence electrons. The molecule has 4 rings (SSSR count). The monoisotopic (exact) mass is 406 g/mol. The molecular weight excluding hydrogens is 376 g/mol. The molecule has 0 unspecified atom stereocenters. The molecule has 30 heavy (non-hydrogen) atoms. The van der Waals surface area contributed by atoms with Gasteiger partial charge in [-0.2, -0.15) is 0 Å². The Labute approximate surface area is 178 Å². The minimum absolute atomic E-state index is 0.1000. The average Bonchev–Trinajstić information content (AvgIpc) is 3.50. The first-order valence-electron chi connectivity index (χ1n) is 10.7. The normalized spacial score (nSPS) is 25.6. The topological polar surface area (TPSA) is 66.4 Å². The molecule has 2 amide bonds. The van der Waals surface area contributed by atoms with Gasteiger partial charge in [-0.05, 0) is 42.7 Å². The molecular formula is C24H30N4O2. The maximum Gasteiger partial charge on any atom is 0.230 e. The third-order valence-corrected chi connectivity index (χ3v) is 6.59. The van der Waals surface area contributed by atoms with E-state index >= 15 is 0 Å².